The molecule has 8 heavy (non-hydrogen) atoms. The fraction of sp³-hybridized carbons (Fsp3) is 1.00. The molecular formula is C5H12N2O. The number of hydrogen-bond acceptors (Lipinski definition) is 3. The zero-order chi connectivity index (χ0) is 5.82. The molecule has 1 aliphatic rings. The van der Waals surface area contributed by atoms with E-state index in [1.807, 2.05) is 7.05 Å². The van der Waals surface area contributed by atoms with Crippen molar-refractivity contribution in [2.75, 3.05) is 26.9 Å². The Morgan fingerprint density at radius 2 is 2.75 bits per heavy atom. The largest absolute Gasteiger partial charge is 0.360 e. The van der Waals surface area contributed by atoms with Gasteiger partial charge in [-0.1, -0.05) is 0 Å². The van der Waals surface area contributed by atoms with E-state index in [0.29, 0.717) is 12.8 Å². The van der Waals surface area contributed by atoms with Gasteiger partial charge < -0.3 is 10.1 Å². The normalized spacial score (nSPS) is 28.9. The first kappa shape index (κ1) is 6.01. The van der Waals surface area contributed by atoms with Gasteiger partial charge in [0, 0.05) is 13.1 Å². The molecule has 0 spiro atoms. The molecule has 1 aliphatic heterocycles. The third-order valence-electron chi connectivity index (χ3n) is 1.22. The number of rotatable bonds is 2. The van der Waals surface area contributed by atoms with Crippen LogP contribution in [0.3, 0.4) is 0 Å². The van der Waals surface area contributed by atoms with Crippen molar-refractivity contribution in [3.05, 3.63) is 0 Å². The average molecular weight is 116 g/mol. The zero-order valence-corrected chi connectivity index (χ0v) is 5.11. The van der Waals surface area contributed by atoms with E-state index in [1.165, 1.54) is 0 Å². The van der Waals surface area contributed by atoms with Gasteiger partial charge in [-0.3, -0.25) is 5.32 Å². The Hall–Kier alpha value is -0.120. The van der Waals surface area contributed by atoms with Crippen LogP contribution in [0, 0.1) is 0 Å². The van der Waals surface area contributed by atoms with Gasteiger partial charge in [-0.05, 0) is 7.05 Å². The Labute approximate surface area is 49.4 Å². The van der Waals surface area contributed by atoms with Gasteiger partial charge in [0.1, 0.15) is 0 Å². The van der Waals surface area contributed by atoms with E-state index in [1.54, 1.807) is 0 Å². The molecule has 0 amide bonds. The first-order valence-electron chi connectivity index (χ1n) is 2.90. The molecule has 0 radical (unpaired) electrons. The molecule has 0 saturated carbocycles. The van der Waals surface area contributed by atoms with Crippen molar-refractivity contribution in [2.24, 2.45) is 0 Å². The number of likely N-dealkylation sites (N-methyl/N-ethyl adjacent to an activating group) is 1. The zero-order valence-electron chi connectivity index (χ0n) is 5.11. The highest BCUT2D eigenvalue weighted by Crippen LogP contribution is 1.92. The van der Waals surface area contributed by atoms with Crippen molar-refractivity contribution < 1.29 is 4.74 Å². The van der Waals surface area contributed by atoms with Gasteiger partial charge in [-0.15, -0.1) is 0 Å². The van der Waals surface area contributed by atoms with Crippen molar-refractivity contribution in [2.45, 2.75) is 6.10 Å². The average Bonchev–Trinajstić information content (AvgIpc) is 2.19. The van der Waals surface area contributed by atoms with Crippen LogP contribution in [0.4, 0.5) is 0 Å². The number of ether oxygens (including phenoxy) is 1. The second-order valence-electron chi connectivity index (χ2n) is 1.94. The summed E-state index contributed by atoms with van der Waals surface area (Å²) in [5.74, 6) is 0. The van der Waals surface area contributed by atoms with E-state index < -0.39 is 0 Å². The molecule has 1 rings (SSSR count). The maximum Gasteiger partial charge on any atom is 0.0971 e. The summed E-state index contributed by atoms with van der Waals surface area (Å²) in [6.07, 6.45) is 0.389. The lowest BCUT2D eigenvalue weighted by atomic mass is 10.4. The van der Waals surface area contributed by atoms with Crippen molar-refractivity contribution in [3.63, 3.8) is 0 Å². The summed E-state index contributed by atoms with van der Waals surface area (Å²) in [4.78, 5) is 0. The predicted molar refractivity (Wildman–Crippen MR) is 31.7 cm³/mol. The Bertz CT molecular complexity index is 61.4. The van der Waals surface area contributed by atoms with E-state index in [2.05, 4.69) is 10.6 Å². The quantitative estimate of drug-likeness (QED) is 0.493. The molecule has 0 aliphatic carbocycles. The van der Waals surface area contributed by atoms with E-state index >= 15 is 0 Å². The molecule has 1 atom stereocenters. The van der Waals surface area contributed by atoms with Crippen LogP contribution in [-0.2, 0) is 4.74 Å². The monoisotopic (exact) mass is 116 g/mol. The first-order valence-corrected chi connectivity index (χ1v) is 2.90. The SMILES string of the molecule is CNCC1CNCO1. The molecule has 0 aromatic heterocycles. The second-order valence-corrected chi connectivity index (χ2v) is 1.94. The molecule has 1 heterocycles. The molecule has 1 fully saturated rings. The van der Waals surface area contributed by atoms with Crippen molar-refractivity contribution in [1.29, 1.82) is 0 Å². The van der Waals surface area contributed by atoms with Crippen LogP contribution in [0.25, 0.3) is 0 Å². The maximum absolute atomic E-state index is 5.22. The fourth-order valence-electron chi connectivity index (χ4n) is 0.814. The van der Waals surface area contributed by atoms with E-state index in [4.69, 9.17) is 4.74 Å². The third-order valence-corrected chi connectivity index (χ3v) is 1.22. The van der Waals surface area contributed by atoms with Crippen LogP contribution in [0.1, 0.15) is 0 Å². The molecule has 1 saturated heterocycles. The minimum atomic E-state index is 0.389. The summed E-state index contributed by atoms with van der Waals surface area (Å²) in [6.45, 7) is 2.65. The number of nitrogens with one attached hydrogen (secondary N) is 2. The lowest BCUT2D eigenvalue weighted by Gasteiger charge is -2.04. The van der Waals surface area contributed by atoms with Crippen LogP contribution < -0.4 is 10.6 Å². The Balaban J connectivity index is 2.06. The Kier molecular flexibility index (Phi) is 2.27. The fourth-order valence-corrected chi connectivity index (χ4v) is 0.814. The maximum atomic E-state index is 5.22. The second kappa shape index (κ2) is 3.02. The highest BCUT2D eigenvalue weighted by molar-refractivity contribution is 4.66. The standard InChI is InChI=1S/C5H12N2O/c1-6-2-5-3-7-4-8-5/h5-7H,2-4H2,1H3. The van der Waals surface area contributed by atoms with Gasteiger partial charge in [0.15, 0.2) is 0 Å². The molecule has 2 N–H and O–H groups in total. The van der Waals surface area contributed by atoms with Gasteiger partial charge in [-0.2, -0.15) is 0 Å². The summed E-state index contributed by atoms with van der Waals surface area (Å²) in [5, 5.41) is 6.14. The molecule has 0 bridgehead atoms. The lowest BCUT2D eigenvalue weighted by molar-refractivity contribution is 0.114. The minimum absolute atomic E-state index is 0.389. The summed E-state index contributed by atoms with van der Waals surface area (Å²) in [5.41, 5.74) is 0. The lowest BCUT2D eigenvalue weighted by Crippen LogP contribution is -2.26. The minimum Gasteiger partial charge on any atom is -0.360 e. The van der Waals surface area contributed by atoms with Crippen LogP contribution >= 0.6 is 0 Å². The third kappa shape index (κ3) is 1.43. The van der Waals surface area contributed by atoms with Gasteiger partial charge in [0.05, 0.1) is 12.8 Å². The highest BCUT2D eigenvalue weighted by atomic mass is 16.5. The Morgan fingerprint density at radius 1 is 1.88 bits per heavy atom. The van der Waals surface area contributed by atoms with E-state index in [0.717, 1.165) is 13.1 Å². The molecule has 0 aromatic carbocycles. The van der Waals surface area contributed by atoms with Crippen molar-refractivity contribution >= 4 is 0 Å². The smallest absolute Gasteiger partial charge is 0.0971 e. The molecule has 1 unspecified atom stereocenters. The van der Waals surface area contributed by atoms with Gasteiger partial charge >= 0.3 is 0 Å². The Morgan fingerprint density at radius 3 is 3.25 bits per heavy atom. The number of hydrogen-bond donors (Lipinski definition) is 2. The summed E-state index contributed by atoms with van der Waals surface area (Å²) < 4.78 is 5.22. The van der Waals surface area contributed by atoms with Crippen LogP contribution in [0.2, 0.25) is 0 Å². The van der Waals surface area contributed by atoms with Crippen molar-refractivity contribution in [3.8, 4) is 0 Å². The van der Waals surface area contributed by atoms with Crippen LogP contribution in [0.5, 0.6) is 0 Å². The predicted octanol–water partition coefficient (Wildman–Crippen LogP) is -0.848. The first-order chi connectivity index (χ1) is 3.93. The molecule has 3 heteroatoms. The van der Waals surface area contributed by atoms with Crippen molar-refractivity contribution in [1.82, 2.24) is 10.6 Å². The summed E-state index contributed by atoms with van der Waals surface area (Å²) in [7, 11) is 1.93. The molecule has 3 nitrogen and oxygen atoms in total. The highest BCUT2D eigenvalue weighted by Gasteiger charge is 2.12. The van der Waals surface area contributed by atoms with Gasteiger partial charge in [-0.25, -0.2) is 0 Å². The summed E-state index contributed by atoms with van der Waals surface area (Å²) >= 11 is 0. The molecule has 48 valence electrons. The summed E-state index contributed by atoms with van der Waals surface area (Å²) in [6, 6.07) is 0. The molecular weight excluding hydrogens is 104 g/mol. The van der Waals surface area contributed by atoms with E-state index in [-0.39, 0.29) is 0 Å². The topological polar surface area (TPSA) is 33.3 Å². The van der Waals surface area contributed by atoms with Gasteiger partial charge in [0.2, 0.25) is 0 Å². The van der Waals surface area contributed by atoms with Crippen LogP contribution in [-0.4, -0.2) is 33.0 Å². The van der Waals surface area contributed by atoms with Crippen LogP contribution in [0.15, 0.2) is 0 Å². The van der Waals surface area contributed by atoms with Gasteiger partial charge in [0.25, 0.3) is 0 Å². The molecule has 0 aromatic rings. The van der Waals surface area contributed by atoms with E-state index in [9.17, 15) is 0 Å².